The predicted octanol–water partition coefficient (Wildman–Crippen LogP) is 1.30. The first-order valence-electron chi connectivity index (χ1n) is 7.28. The molecular formula is C13H24N4O2S. The van der Waals surface area contributed by atoms with Crippen LogP contribution in [0.15, 0.2) is 5.03 Å². The molecule has 0 bridgehead atoms. The molecule has 0 spiro atoms. The quantitative estimate of drug-likeness (QED) is 0.632. The first-order valence-corrected chi connectivity index (χ1v) is 8.77. The molecule has 1 aliphatic carbocycles. The van der Waals surface area contributed by atoms with Crippen molar-refractivity contribution in [3.63, 3.8) is 0 Å². The van der Waals surface area contributed by atoms with E-state index in [2.05, 4.69) is 27.2 Å². The second-order valence-electron chi connectivity index (χ2n) is 5.46. The van der Waals surface area contributed by atoms with Crippen molar-refractivity contribution in [2.75, 3.05) is 13.1 Å². The van der Waals surface area contributed by atoms with Gasteiger partial charge in [0.05, 0.1) is 0 Å². The highest BCUT2D eigenvalue weighted by Gasteiger charge is 2.26. The Labute approximate surface area is 120 Å². The number of nitrogens with zero attached hydrogens (tertiary/aromatic N) is 1. The van der Waals surface area contributed by atoms with E-state index in [0.717, 1.165) is 37.1 Å². The smallest absolute Gasteiger partial charge is 0.260 e. The van der Waals surface area contributed by atoms with Crippen molar-refractivity contribution in [2.24, 2.45) is 5.92 Å². The molecule has 0 radical (unpaired) electrons. The number of nitrogens with one attached hydrogen (secondary N) is 3. The maximum atomic E-state index is 12.3. The van der Waals surface area contributed by atoms with Gasteiger partial charge in [-0.1, -0.05) is 13.3 Å². The van der Waals surface area contributed by atoms with Crippen LogP contribution in [0.3, 0.4) is 0 Å². The zero-order valence-electron chi connectivity index (χ0n) is 12.2. The first-order chi connectivity index (χ1) is 9.54. The average Bonchev–Trinajstić information content (AvgIpc) is 2.70. The van der Waals surface area contributed by atoms with Crippen LogP contribution in [0.25, 0.3) is 0 Å². The summed E-state index contributed by atoms with van der Waals surface area (Å²) in [5.74, 6) is 0.492. The van der Waals surface area contributed by atoms with E-state index in [9.17, 15) is 8.42 Å². The number of hydrogen-bond donors (Lipinski definition) is 3. The lowest BCUT2D eigenvalue weighted by Gasteiger charge is -2.25. The van der Waals surface area contributed by atoms with Crippen LogP contribution in [0.2, 0.25) is 0 Å². The molecule has 0 atom stereocenters. The van der Waals surface area contributed by atoms with Gasteiger partial charge in [-0.15, -0.1) is 0 Å². The number of aryl methyl sites for hydroxylation is 1. The molecule has 1 aliphatic rings. The van der Waals surface area contributed by atoms with Crippen molar-refractivity contribution in [3.05, 3.63) is 11.3 Å². The second kappa shape index (κ2) is 6.69. The van der Waals surface area contributed by atoms with Gasteiger partial charge in [-0.25, -0.2) is 13.1 Å². The van der Waals surface area contributed by atoms with Gasteiger partial charge in [0.15, 0.2) is 5.03 Å². The number of H-pyrrole nitrogens is 1. The van der Waals surface area contributed by atoms with Gasteiger partial charge in [0.25, 0.3) is 10.0 Å². The Morgan fingerprint density at radius 1 is 1.40 bits per heavy atom. The van der Waals surface area contributed by atoms with E-state index in [1.807, 2.05) is 6.92 Å². The molecule has 6 nitrogen and oxygen atoms in total. The third-order valence-electron chi connectivity index (χ3n) is 3.81. The molecular weight excluding hydrogens is 276 g/mol. The molecule has 0 saturated heterocycles. The van der Waals surface area contributed by atoms with E-state index in [1.54, 1.807) is 0 Å². The van der Waals surface area contributed by atoms with Gasteiger partial charge in [0, 0.05) is 24.3 Å². The van der Waals surface area contributed by atoms with Crippen LogP contribution >= 0.6 is 0 Å². The Balaban J connectivity index is 2.05. The van der Waals surface area contributed by atoms with E-state index in [-0.39, 0.29) is 5.03 Å². The van der Waals surface area contributed by atoms with Crippen LogP contribution in [-0.4, -0.2) is 31.7 Å². The van der Waals surface area contributed by atoms with Gasteiger partial charge < -0.3 is 5.32 Å². The third-order valence-corrected chi connectivity index (χ3v) is 5.20. The minimum Gasteiger partial charge on any atom is -0.313 e. The normalized spacial score (nSPS) is 16.3. The monoisotopic (exact) mass is 300 g/mol. The minimum absolute atomic E-state index is 0.137. The van der Waals surface area contributed by atoms with Crippen LogP contribution in [-0.2, 0) is 16.6 Å². The van der Waals surface area contributed by atoms with Crippen LogP contribution in [0, 0.1) is 12.8 Å². The Morgan fingerprint density at radius 3 is 2.75 bits per heavy atom. The van der Waals surface area contributed by atoms with Gasteiger partial charge >= 0.3 is 0 Å². The SMILES string of the molecule is CCCNCc1c(S(=O)(=O)NCC2CCC2)n[nH]c1C. The van der Waals surface area contributed by atoms with E-state index in [1.165, 1.54) is 6.42 Å². The molecule has 1 saturated carbocycles. The van der Waals surface area contributed by atoms with Crippen LogP contribution < -0.4 is 10.0 Å². The van der Waals surface area contributed by atoms with Gasteiger partial charge in [-0.3, -0.25) is 5.10 Å². The van der Waals surface area contributed by atoms with Crippen LogP contribution in [0.5, 0.6) is 0 Å². The lowest BCUT2D eigenvalue weighted by molar-refractivity contribution is 0.316. The summed E-state index contributed by atoms with van der Waals surface area (Å²) in [7, 11) is -3.51. The summed E-state index contributed by atoms with van der Waals surface area (Å²) in [6.07, 6.45) is 4.46. The van der Waals surface area contributed by atoms with E-state index < -0.39 is 10.0 Å². The van der Waals surface area contributed by atoms with Crippen molar-refractivity contribution < 1.29 is 8.42 Å². The molecule has 1 aromatic heterocycles. The zero-order valence-corrected chi connectivity index (χ0v) is 13.0. The van der Waals surface area contributed by atoms with E-state index in [4.69, 9.17) is 0 Å². The van der Waals surface area contributed by atoms with Crippen molar-refractivity contribution in [2.45, 2.75) is 51.1 Å². The highest BCUT2D eigenvalue weighted by atomic mass is 32.2. The summed E-state index contributed by atoms with van der Waals surface area (Å²) in [6.45, 7) is 5.83. The lowest BCUT2D eigenvalue weighted by Crippen LogP contribution is -2.33. The third kappa shape index (κ3) is 3.59. The Morgan fingerprint density at radius 2 is 2.15 bits per heavy atom. The molecule has 1 fully saturated rings. The fourth-order valence-electron chi connectivity index (χ4n) is 2.24. The highest BCUT2D eigenvalue weighted by Crippen LogP contribution is 2.26. The lowest BCUT2D eigenvalue weighted by atomic mass is 9.86. The fraction of sp³-hybridized carbons (Fsp3) is 0.769. The molecule has 1 heterocycles. The number of hydrogen-bond acceptors (Lipinski definition) is 4. The molecule has 7 heteroatoms. The fourth-order valence-corrected chi connectivity index (χ4v) is 3.55. The number of aromatic amines is 1. The maximum absolute atomic E-state index is 12.3. The summed E-state index contributed by atoms with van der Waals surface area (Å²) < 4.78 is 27.3. The molecule has 3 N–H and O–H groups in total. The zero-order chi connectivity index (χ0) is 14.6. The molecule has 2 rings (SSSR count). The van der Waals surface area contributed by atoms with Gasteiger partial charge in [0.2, 0.25) is 0 Å². The number of rotatable bonds is 8. The molecule has 114 valence electrons. The van der Waals surface area contributed by atoms with Crippen molar-refractivity contribution in [3.8, 4) is 0 Å². The highest BCUT2D eigenvalue weighted by molar-refractivity contribution is 7.89. The van der Waals surface area contributed by atoms with Gasteiger partial charge in [-0.2, -0.15) is 5.10 Å². The second-order valence-corrected chi connectivity index (χ2v) is 7.14. The predicted molar refractivity (Wildman–Crippen MR) is 77.9 cm³/mol. The topological polar surface area (TPSA) is 86.9 Å². The number of sulfonamides is 1. The van der Waals surface area contributed by atoms with E-state index >= 15 is 0 Å². The molecule has 0 aliphatic heterocycles. The first kappa shape index (κ1) is 15.5. The number of aromatic nitrogens is 2. The van der Waals surface area contributed by atoms with Crippen LogP contribution in [0.1, 0.15) is 43.9 Å². The summed E-state index contributed by atoms with van der Waals surface area (Å²) >= 11 is 0. The summed E-state index contributed by atoms with van der Waals surface area (Å²) in [5.41, 5.74) is 1.54. The van der Waals surface area contributed by atoms with Crippen molar-refractivity contribution >= 4 is 10.0 Å². The van der Waals surface area contributed by atoms with E-state index in [0.29, 0.717) is 19.0 Å². The largest absolute Gasteiger partial charge is 0.313 e. The summed E-state index contributed by atoms with van der Waals surface area (Å²) in [5, 5.41) is 10.1. The Kier molecular flexibility index (Phi) is 5.17. The molecule has 0 aromatic carbocycles. The summed E-state index contributed by atoms with van der Waals surface area (Å²) in [4.78, 5) is 0. The summed E-state index contributed by atoms with van der Waals surface area (Å²) in [6, 6.07) is 0. The van der Waals surface area contributed by atoms with Crippen molar-refractivity contribution in [1.82, 2.24) is 20.2 Å². The van der Waals surface area contributed by atoms with Crippen molar-refractivity contribution in [1.29, 1.82) is 0 Å². The van der Waals surface area contributed by atoms with Gasteiger partial charge in [0.1, 0.15) is 0 Å². The maximum Gasteiger partial charge on any atom is 0.260 e. The Bertz CT molecular complexity index is 535. The average molecular weight is 300 g/mol. The van der Waals surface area contributed by atoms with Crippen LogP contribution in [0.4, 0.5) is 0 Å². The molecule has 1 aromatic rings. The molecule has 0 unspecified atom stereocenters. The Hall–Kier alpha value is -0.920. The van der Waals surface area contributed by atoms with Gasteiger partial charge in [-0.05, 0) is 38.6 Å². The molecule has 20 heavy (non-hydrogen) atoms. The minimum atomic E-state index is -3.51. The molecule has 0 amide bonds. The standard InChI is InChI=1S/C13H24N4O2S/c1-3-7-14-9-12-10(2)16-17-13(12)20(18,19)15-8-11-5-4-6-11/h11,14-15H,3-9H2,1-2H3,(H,16,17).